The second-order valence-corrected chi connectivity index (χ2v) is 4.56. The minimum Gasteiger partial charge on any atom is -0.378 e. The largest absolute Gasteiger partial charge is 0.378 e. The molecule has 0 bridgehead atoms. The third kappa shape index (κ3) is 1.82. The highest BCUT2D eigenvalue weighted by Gasteiger charge is 2.17. The molecule has 1 fully saturated rings. The third-order valence-electron chi connectivity index (χ3n) is 2.95. The van der Waals surface area contributed by atoms with E-state index in [1.54, 1.807) is 0 Å². The SMILES string of the molecule is Clc1ccc2c(CNC3COC3)c[nH]c2c1. The molecule has 2 aromatic rings. The number of nitrogens with one attached hydrogen (secondary N) is 2. The number of fused-ring (bicyclic) bond motifs is 1. The number of H-pyrrole nitrogens is 1. The number of halogens is 1. The molecule has 0 amide bonds. The molecule has 1 aliphatic heterocycles. The normalized spacial score (nSPS) is 16.6. The number of hydrogen-bond donors (Lipinski definition) is 2. The number of benzene rings is 1. The Morgan fingerprint density at radius 2 is 2.31 bits per heavy atom. The van der Waals surface area contributed by atoms with Gasteiger partial charge in [0.15, 0.2) is 0 Å². The summed E-state index contributed by atoms with van der Waals surface area (Å²) in [6.07, 6.45) is 2.04. The standard InChI is InChI=1S/C12H13ClN2O/c13-9-1-2-11-8(5-15-12(11)3-9)4-14-10-6-16-7-10/h1-3,5,10,14-15H,4,6-7H2. The number of aromatic amines is 1. The Morgan fingerprint density at radius 3 is 3.06 bits per heavy atom. The van der Waals surface area contributed by atoms with Gasteiger partial charge in [-0.2, -0.15) is 0 Å². The minimum absolute atomic E-state index is 0.511. The van der Waals surface area contributed by atoms with Crippen molar-refractivity contribution in [3.8, 4) is 0 Å². The molecule has 1 saturated heterocycles. The lowest BCUT2D eigenvalue weighted by atomic mass is 10.1. The molecule has 3 nitrogen and oxygen atoms in total. The van der Waals surface area contributed by atoms with E-state index in [2.05, 4.69) is 16.4 Å². The molecule has 4 heteroatoms. The summed E-state index contributed by atoms with van der Waals surface area (Å²) < 4.78 is 5.12. The molecule has 0 aliphatic carbocycles. The third-order valence-corrected chi connectivity index (χ3v) is 3.18. The van der Waals surface area contributed by atoms with E-state index in [4.69, 9.17) is 16.3 Å². The van der Waals surface area contributed by atoms with Crippen molar-refractivity contribution in [2.75, 3.05) is 13.2 Å². The lowest BCUT2D eigenvalue weighted by Gasteiger charge is -2.26. The highest BCUT2D eigenvalue weighted by molar-refractivity contribution is 6.31. The van der Waals surface area contributed by atoms with Crippen LogP contribution in [0.3, 0.4) is 0 Å². The van der Waals surface area contributed by atoms with Crippen LogP contribution >= 0.6 is 11.6 Å². The smallest absolute Gasteiger partial charge is 0.0643 e. The van der Waals surface area contributed by atoms with Crippen molar-refractivity contribution < 1.29 is 4.74 Å². The molecule has 0 saturated carbocycles. The Labute approximate surface area is 98.7 Å². The van der Waals surface area contributed by atoms with Crippen LogP contribution in [0.4, 0.5) is 0 Å². The van der Waals surface area contributed by atoms with Gasteiger partial charge in [-0.15, -0.1) is 0 Å². The van der Waals surface area contributed by atoms with Crippen LogP contribution in [-0.2, 0) is 11.3 Å². The zero-order valence-electron chi connectivity index (χ0n) is 8.79. The number of hydrogen-bond acceptors (Lipinski definition) is 2. The van der Waals surface area contributed by atoms with Gasteiger partial charge in [0.05, 0.1) is 19.3 Å². The molecule has 84 valence electrons. The first kappa shape index (κ1) is 10.1. The summed E-state index contributed by atoms with van der Waals surface area (Å²) in [5, 5.41) is 5.45. The van der Waals surface area contributed by atoms with Crippen LogP contribution in [0.5, 0.6) is 0 Å². The van der Waals surface area contributed by atoms with Crippen LogP contribution in [0.2, 0.25) is 5.02 Å². The quantitative estimate of drug-likeness (QED) is 0.858. The van der Waals surface area contributed by atoms with Crippen LogP contribution < -0.4 is 5.32 Å². The summed E-state index contributed by atoms with van der Waals surface area (Å²) in [6.45, 7) is 2.53. The Kier molecular flexibility index (Phi) is 2.59. The molecule has 0 atom stereocenters. The molecule has 1 aromatic heterocycles. The van der Waals surface area contributed by atoms with Crippen molar-refractivity contribution in [3.05, 3.63) is 35.0 Å². The van der Waals surface area contributed by atoms with Crippen LogP contribution in [0.25, 0.3) is 10.9 Å². The van der Waals surface area contributed by atoms with E-state index in [9.17, 15) is 0 Å². The average Bonchev–Trinajstić information content (AvgIpc) is 2.58. The van der Waals surface area contributed by atoms with Gasteiger partial charge in [0.2, 0.25) is 0 Å². The topological polar surface area (TPSA) is 37.0 Å². The van der Waals surface area contributed by atoms with Crippen molar-refractivity contribution in [1.82, 2.24) is 10.3 Å². The van der Waals surface area contributed by atoms with Gasteiger partial charge in [-0.3, -0.25) is 0 Å². The lowest BCUT2D eigenvalue weighted by Crippen LogP contribution is -2.45. The van der Waals surface area contributed by atoms with Crippen molar-refractivity contribution in [2.24, 2.45) is 0 Å². The average molecular weight is 237 g/mol. The fraction of sp³-hybridized carbons (Fsp3) is 0.333. The zero-order chi connectivity index (χ0) is 11.0. The predicted octanol–water partition coefficient (Wildman–Crippen LogP) is 2.31. The molecule has 1 aromatic carbocycles. The molecule has 0 radical (unpaired) electrons. The van der Waals surface area contributed by atoms with E-state index < -0.39 is 0 Å². The van der Waals surface area contributed by atoms with E-state index in [0.717, 1.165) is 30.3 Å². The van der Waals surface area contributed by atoms with Crippen LogP contribution in [0, 0.1) is 0 Å². The highest BCUT2D eigenvalue weighted by Crippen LogP contribution is 2.22. The van der Waals surface area contributed by atoms with E-state index in [-0.39, 0.29) is 0 Å². The molecule has 2 N–H and O–H groups in total. The van der Waals surface area contributed by atoms with E-state index in [0.29, 0.717) is 6.04 Å². The van der Waals surface area contributed by atoms with E-state index in [1.807, 2.05) is 18.3 Å². The van der Waals surface area contributed by atoms with Gasteiger partial charge < -0.3 is 15.0 Å². The maximum Gasteiger partial charge on any atom is 0.0643 e. The zero-order valence-corrected chi connectivity index (χ0v) is 9.55. The van der Waals surface area contributed by atoms with E-state index in [1.165, 1.54) is 10.9 Å². The van der Waals surface area contributed by atoms with Gasteiger partial charge in [0.25, 0.3) is 0 Å². The van der Waals surface area contributed by atoms with Gasteiger partial charge in [-0.05, 0) is 17.7 Å². The number of ether oxygens (including phenoxy) is 1. The fourth-order valence-corrected chi connectivity index (χ4v) is 2.08. The first-order chi connectivity index (χ1) is 7.83. The molecule has 3 rings (SSSR count). The Morgan fingerprint density at radius 1 is 1.44 bits per heavy atom. The molecule has 2 heterocycles. The van der Waals surface area contributed by atoms with Crippen LogP contribution in [0.15, 0.2) is 24.4 Å². The van der Waals surface area contributed by atoms with Gasteiger partial charge in [-0.25, -0.2) is 0 Å². The van der Waals surface area contributed by atoms with Gasteiger partial charge in [0, 0.05) is 28.7 Å². The summed E-state index contributed by atoms with van der Waals surface area (Å²) in [6, 6.07) is 6.44. The van der Waals surface area contributed by atoms with Crippen molar-refractivity contribution in [1.29, 1.82) is 0 Å². The van der Waals surface area contributed by atoms with Crippen molar-refractivity contribution in [3.63, 3.8) is 0 Å². The maximum absolute atomic E-state index is 5.93. The van der Waals surface area contributed by atoms with Gasteiger partial charge in [-0.1, -0.05) is 17.7 Å². The molecule has 16 heavy (non-hydrogen) atoms. The maximum atomic E-state index is 5.93. The van der Waals surface area contributed by atoms with Crippen molar-refractivity contribution in [2.45, 2.75) is 12.6 Å². The van der Waals surface area contributed by atoms with Crippen molar-refractivity contribution >= 4 is 22.5 Å². The van der Waals surface area contributed by atoms with Crippen LogP contribution in [0.1, 0.15) is 5.56 Å². The molecule has 0 unspecified atom stereocenters. The lowest BCUT2D eigenvalue weighted by molar-refractivity contribution is -0.00574. The molecule has 1 aliphatic rings. The molecular formula is C12H13ClN2O. The second-order valence-electron chi connectivity index (χ2n) is 4.12. The Balaban J connectivity index is 1.80. The Bertz CT molecular complexity index is 505. The van der Waals surface area contributed by atoms with Gasteiger partial charge in [0.1, 0.15) is 0 Å². The van der Waals surface area contributed by atoms with Gasteiger partial charge >= 0.3 is 0 Å². The summed E-state index contributed by atoms with van der Waals surface area (Å²) >= 11 is 5.93. The summed E-state index contributed by atoms with van der Waals surface area (Å²) in [5.74, 6) is 0. The Hall–Kier alpha value is -1.03. The first-order valence-corrected chi connectivity index (χ1v) is 5.77. The molecule has 0 spiro atoms. The fourth-order valence-electron chi connectivity index (χ4n) is 1.91. The first-order valence-electron chi connectivity index (χ1n) is 5.39. The summed E-state index contributed by atoms with van der Waals surface area (Å²) in [5.41, 5.74) is 2.37. The minimum atomic E-state index is 0.511. The second kappa shape index (κ2) is 4.09. The summed E-state index contributed by atoms with van der Waals surface area (Å²) in [7, 11) is 0. The number of rotatable bonds is 3. The summed E-state index contributed by atoms with van der Waals surface area (Å²) in [4.78, 5) is 3.23. The highest BCUT2D eigenvalue weighted by atomic mass is 35.5. The number of aromatic nitrogens is 1. The predicted molar refractivity (Wildman–Crippen MR) is 64.8 cm³/mol. The monoisotopic (exact) mass is 236 g/mol. The van der Waals surface area contributed by atoms with Crippen LogP contribution in [-0.4, -0.2) is 24.2 Å². The molecular weight excluding hydrogens is 224 g/mol. The van der Waals surface area contributed by atoms with E-state index >= 15 is 0 Å².